The number of halogens is 1. The van der Waals surface area contributed by atoms with Crippen molar-refractivity contribution in [1.29, 1.82) is 0 Å². The molecule has 2 rings (SSSR count). The van der Waals surface area contributed by atoms with Crippen LogP contribution >= 0.6 is 11.6 Å². The highest BCUT2D eigenvalue weighted by atomic mass is 35.5. The molecule has 0 bridgehead atoms. The van der Waals surface area contributed by atoms with Crippen LogP contribution in [0.15, 0.2) is 24.3 Å². The van der Waals surface area contributed by atoms with Crippen LogP contribution in [0.1, 0.15) is 58.9 Å². The summed E-state index contributed by atoms with van der Waals surface area (Å²) in [6.45, 7) is 11.2. The molecule has 0 radical (unpaired) electrons. The Morgan fingerprint density at radius 3 is 2.48 bits per heavy atom. The Kier molecular flexibility index (Phi) is 7.57. The minimum Gasteiger partial charge on any atom is -0.392 e. The number of nitrogens with one attached hydrogen (secondary N) is 2. The van der Waals surface area contributed by atoms with Gasteiger partial charge in [-0.1, -0.05) is 37.6 Å². The van der Waals surface area contributed by atoms with Crippen molar-refractivity contribution >= 4 is 23.5 Å². The SMILES string of the molecule is CC(O)CNC(=O)NC(C)(C)CC(=O)N1CCC(c2ccc(Cl)cc2)C(C)(C)C1. The maximum absolute atomic E-state index is 12.9. The molecule has 6 nitrogen and oxygen atoms in total. The molecule has 1 aromatic rings. The number of hydrogen-bond donors (Lipinski definition) is 3. The second-order valence-electron chi connectivity index (χ2n) is 9.44. The molecule has 3 amide bonds. The summed E-state index contributed by atoms with van der Waals surface area (Å²) in [5.74, 6) is 0.398. The molecular weight excluding hydrogens is 390 g/mol. The van der Waals surface area contributed by atoms with Crippen molar-refractivity contribution in [3.63, 3.8) is 0 Å². The summed E-state index contributed by atoms with van der Waals surface area (Å²) in [4.78, 5) is 26.8. The van der Waals surface area contributed by atoms with Crippen molar-refractivity contribution in [1.82, 2.24) is 15.5 Å². The van der Waals surface area contributed by atoms with Crippen LogP contribution in [0.5, 0.6) is 0 Å². The van der Waals surface area contributed by atoms with E-state index in [9.17, 15) is 14.7 Å². The second kappa shape index (κ2) is 9.35. The molecule has 0 aliphatic carbocycles. The smallest absolute Gasteiger partial charge is 0.315 e. The third-order valence-corrected chi connectivity index (χ3v) is 5.71. The van der Waals surface area contributed by atoms with E-state index in [2.05, 4.69) is 36.6 Å². The quantitative estimate of drug-likeness (QED) is 0.654. The van der Waals surface area contributed by atoms with E-state index in [0.717, 1.165) is 11.4 Å². The van der Waals surface area contributed by atoms with Crippen molar-refractivity contribution < 1.29 is 14.7 Å². The fraction of sp³-hybridized carbons (Fsp3) is 0.636. The summed E-state index contributed by atoms with van der Waals surface area (Å²) in [5, 5.41) is 15.4. The van der Waals surface area contributed by atoms with E-state index >= 15 is 0 Å². The van der Waals surface area contributed by atoms with E-state index < -0.39 is 11.6 Å². The molecule has 7 heteroatoms. The van der Waals surface area contributed by atoms with Crippen molar-refractivity contribution in [2.24, 2.45) is 5.41 Å². The van der Waals surface area contributed by atoms with Gasteiger partial charge in [0.25, 0.3) is 0 Å². The third-order valence-electron chi connectivity index (χ3n) is 5.46. The summed E-state index contributed by atoms with van der Waals surface area (Å²) in [6, 6.07) is 7.60. The lowest BCUT2D eigenvalue weighted by Gasteiger charge is -2.45. The molecule has 29 heavy (non-hydrogen) atoms. The van der Waals surface area contributed by atoms with E-state index in [0.29, 0.717) is 19.0 Å². The van der Waals surface area contributed by atoms with Gasteiger partial charge in [0, 0.05) is 36.6 Å². The maximum atomic E-state index is 12.9. The van der Waals surface area contributed by atoms with E-state index in [-0.39, 0.29) is 30.3 Å². The molecule has 1 aliphatic rings. The number of aliphatic hydroxyl groups is 1. The van der Waals surface area contributed by atoms with Gasteiger partial charge in [0.2, 0.25) is 5.91 Å². The lowest BCUT2D eigenvalue weighted by molar-refractivity contribution is -0.136. The van der Waals surface area contributed by atoms with Crippen LogP contribution in [0.4, 0.5) is 4.79 Å². The summed E-state index contributed by atoms with van der Waals surface area (Å²) in [5.41, 5.74) is 0.508. The highest BCUT2D eigenvalue weighted by Gasteiger charge is 2.39. The van der Waals surface area contributed by atoms with Crippen LogP contribution in [-0.4, -0.2) is 53.2 Å². The van der Waals surface area contributed by atoms with Gasteiger partial charge in [-0.25, -0.2) is 4.79 Å². The Hall–Kier alpha value is -1.79. The topological polar surface area (TPSA) is 81.7 Å². The van der Waals surface area contributed by atoms with Crippen LogP contribution in [0.3, 0.4) is 0 Å². The fourth-order valence-corrected chi connectivity index (χ4v) is 4.13. The Labute approximate surface area is 179 Å². The highest BCUT2D eigenvalue weighted by molar-refractivity contribution is 6.30. The summed E-state index contributed by atoms with van der Waals surface area (Å²) < 4.78 is 0. The van der Waals surface area contributed by atoms with Gasteiger partial charge in [-0.05, 0) is 56.2 Å². The van der Waals surface area contributed by atoms with Gasteiger partial charge < -0.3 is 20.6 Å². The molecule has 1 fully saturated rings. The molecule has 2 unspecified atom stereocenters. The van der Waals surface area contributed by atoms with Crippen molar-refractivity contribution in [2.75, 3.05) is 19.6 Å². The number of carbonyl (C=O) groups excluding carboxylic acids is 2. The Bertz CT molecular complexity index is 717. The first-order valence-corrected chi connectivity index (χ1v) is 10.5. The van der Waals surface area contributed by atoms with Gasteiger partial charge in [-0.3, -0.25) is 4.79 Å². The fourth-order valence-electron chi connectivity index (χ4n) is 4.01. The minimum atomic E-state index is -0.684. The van der Waals surface area contributed by atoms with Gasteiger partial charge in [0.15, 0.2) is 0 Å². The van der Waals surface area contributed by atoms with E-state index in [1.807, 2.05) is 30.9 Å². The number of carbonyl (C=O) groups is 2. The number of piperidine rings is 1. The first-order chi connectivity index (χ1) is 13.4. The molecule has 0 aromatic heterocycles. The molecule has 0 saturated carbocycles. The van der Waals surface area contributed by atoms with Crippen LogP contribution in [0, 0.1) is 5.41 Å². The zero-order valence-corrected chi connectivity index (χ0v) is 18.8. The normalized spacial score (nSPS) is 20.1. The lowest BCUT2D eigenvalue weighted by atomic mass is 9.70. The molecule has 0 spiro atoms. The number of urea groups is 1. The molecule has 3 N–H and O–H groups in total. The first-order valence-electron chi connectivity index (χ1n) is 10.2. The largest absolute Gasteiger partial charge is 0.392 e. The number of aliphatic hydroxyl groups excluding tert-OH is 1. The average molecular weight is 424 g/mol. The summed E-state index contributed by atoms with van der Waals surface area (Å²) in [6.07, 6.45) is 0.495. The van der Waals surface area contributed by atoms with Gasteiger partial charge in [-0.15, -0.1) is 0 Å². The van der Waals surface area contributed by atoms with Crippen molar-refractivity contribution in [2.45, 2.75) is 65.0 Å². The molecule has 2 atom stereocenters. The molecular formula is C22H34ClN3O3. The summed E-state index contributed by atoms with van der Waals surface area (Å²) >= 11 is 6.02. The Morgan fingerprint density at radius 1 is 1.31 bits per heavy atom. The van der Waals surface area contributed by atoms with Gasteiger partial charge in [-0.2, -0.15) is 0 Å². The van der Waals surface area contributed by atoms with E-state index in [4.69, 9.17) is 11.6 Å². The van der Waals surface area contributed by atoms with E-state index in [1.165, 1.54) is 5.56 Å². The predicted molar refractivity (Wildman–Crippen MR) is 116 cm³/mol. The number of rotatable bonds is 6. The standard InChI is InChI=1S/C22H34ClN3O3/c1-15(27)13-24-20(29)25-22(4,5)12-19(28)26-11-10-18(21(2,3)14-26)16-6-8-17(23)9-7-16/h6-9,15,18,27H,10-14H2,1-5H3,(H2,24,25,29). The average Bonchev–Trinajstić information content (AvgIpc) is 2.59. The first kappa shape index (κ1) is 23.5. The molecule has 1 heterocycles. The van der Waals surface area contributed by atoms with Crippen LogP contribution in [0.25, 0.3) is 0 Å². The number of hydrogen-bond acceptors (Lipinski definition) is 3. The van der Waals surface area contributed by atoms with Crippen LogP contribution < -0.4 is 10.6 Å². The predicted octanol–water partition coefficient (Wildman–Crippen LogP) is 3.53. The van der Waals surface area contributed by atoms with Gasteiger partial charge in [0.1, 0.15) is 0 Å². The maximum Gasteiger partial charge on any atom is 0.315 e. The van der Waals surface area contributed by atoms with E-state index in [1.54, 1.807) is 6.92 Å². The lowest BCUT2D eigenvalue weighted by Crippen LogP contribution is -2.53. The van der Waals surface area contributed by atoms with Crippen molar-refractivity contribution in [3.05, 3.63) is 34.9 Å². The number of benzene rings is 1. The number of amides is 3. The second-order valence-corrected chi connectivity index (χ2v) is 9.88. The number of likely N-dealkylation sites (tertiary alicyclic amines) is 1. The van der Waals surface area contributed by atoms with Crippen LogP contribution in [-0.2, 0) is 4.79 Å². The minimum absolute atomic E-state index is 0.0356. The highest BCUT2D eigenvalue weighted by Crippen LogP contribution is 2.42. The van der Waals surface area contributed by atoms with Gasteiger partial charge >= 0.3 is 6.03 Å². The molecule has 162 valence electrons. The van der Waals surface area contributed by atoms with Crippen LogP contribution in [0.2, 0.25) is 5.02 Å². The summed E-state index contributed by atoms with van der Waals surface area (Å²) in [7, 11) is 0. The van der Waals surface area contributed by atoms with Crippen molar-refractivity contribution in [3.8, 4) is 0 Å². The molecule has 1 aliphatic heterocycles. The zero-order valence-electron chi connectivity index (χ0n) is 18.1. The number of nitrogens with zero attached hydrogens (tertiary/aromatic N) is 1. The zero-order chi connectivity index (χ0) is 21.8. The van der Waals surface area contributed by atoms with Gasteiger partial charge in [0.05, 0.1) is 6.10 Å². The Balaban J connectivity index is 1.95. The third kappa shape index (κ3) is 6.89. The Morgan fingerprint density at radius 2 is 1.93 bits per heavy atom. The monoisotopic (exact) mass is 423 g/mol. The molecule has 1 aromatic carbocycles. The molecule has 1 saturated heterocycles.